The summed E-state index contributed by atoms with van der Waals surface area (Å²) >= 11 is 0. The lowest BCUT2D eigenvalue weighted by atomic mass is 9.75. The second-order valence-electron chi connectivity index (χ2n) is 5.49. The van der Waals surface area contributed by atoms with Gasteiger partial charge in [-0.2, -0.15) is 0 Å². The quantitative estimate of drug-likeness (QED) is 0.762. The molecular weight excluding hydrogens is 186 g/mol. The maximum Gasteiger partial charge on any atom is 0.0643 e. The van der Waals surface area contributed by atoms with Gasteiger partial charge in [0, 0.05) is 6.61 Å². The molecule has 0 aromatic heterocycles. The molecular formula is C13H25NO. The summed E-state index contributed by atoms with van der Waals surface area (Å²) < 4.78 is 5.98. The third-order valence-corrected chi connectivity index (χ3v) is 4.32. The Morgan fingerprint density at radius 1 is 1.13 bits per heavy atom. The summed E-state index contributed by atoms with van der Waals surface area (Å²) in [4.78, 5) is 0. The van der Waals surface area contributed by atoms with E-state index in [2.05, 4.69) is 6.92 Å². The molecule has 2 rings (SSSR count). The molecule has 2 nitrogen and oxygen atoms in total. The van der Waals surface area contributed by atoms with Crippen molar-refractivity contribution in [1.82, 2.24) is 0 Å². The lowest BCUT2D eigenvalue weighted by molar-refractivity contribution is -0.0682. The highest BCUT2D eigenvalue weighted by atomic mass is 16.5. The van der Waals surface area contributed by atoms with Crippen molar-refractivity contribution in [1.29, 1.82) is 0 Å². The smallest absolute Gasteiger partial charge is 0.0643 e. The molecule has 1 saturated carbocycles. The highest BCUT2D eigenvalue weighted by Crippen LogP contribution is 2.36. The topological polar surface area (TPSA) is 35.2 Å². The van der Waals surface area contributed by atoms with Gasteiger partial charge in [0.2, 0.25) is 0 Å². The van der Waals surface area contributed by atoms with E-state index in [-0.39, 0.29) is 0 Å². The normalized spacial score (nSPS) is 42.8. The Bertz CT molecular complexity index is 187. The van der Waals surface area contributed by atoms with E-state index in [0.29, 0.717) is 12.0 Å². The fraction of sp³-hybridized carbons (Fsp3) is 1.00. The molecule has 2 heteroatoms. The molecule has 1 aliphatic heterocycles. The molecule has 2 aliphatic rings. The third-order valence-electron chi connectivity index (χ3n) is 4.32. The van der Waals surface area contributed by atoms with Gasteiger partial charge in [-0.25, -0.2) is 0 Å². The van der Waals surface area contributed by atoms with Crippen LogP contribution in [0, 0.1) is 17.8 Å². The van der Waals surface area contributed by atoms with E-state index in [1.165, 1.54) is 38.5 Å². The predicted octanol–water partition coefficient (Wildman–Crippen LogP) is 2.57. The third kappa shape index (κ3) is 2.73. The van der Waals surface area contributed by atoms with Gasteiger partial charge in [-0.05, 0) is 50.0 Å². The fourth-order valence-corrected chi connectivity index (χ4v) is 3.25. The second-order valence-corrected chi connectivity index (χ2v) is 5.49. The van der Waals surface area contributed by atoms with Crippen LogP contribution in [0.5, 0.6) is 0 Å². The van der Waals surface area contributed by atoms with Crippen LogP contribution in [-0.2, 0) is 4.74 Å². The van der Waals surface area contributed by atoms with Crippen LogP contribution in [0.15, 0.2) is 0 Å². The van der Waals surface area contributed by atoms with Gasteiger partial charge in [0.25, 0.3) is 0 Å². The van der Waals surface area contributed by atoms with Gasteiger partial charge in [-0.1, -0.05) is 19.8 Å². The second kappa shape index (κ2) is 5.31. The molecule has 0 aromatic rings. The van der Waals surface area contributed by atoms with E-state index < -0.39 is 0 Å². The summed E-state index contributed by atoms with van der Waals surface area (Å²) in [5.41, 5.74) is 5.85. The summed E-state index contributed by atoms with van der Waals surface area (Å²) in [6.07, 6.45) is 8.49. The Labute approximate surface area is 93.6 Å². The largest absolute Gasteiger partial charge is 0.378 e. The molecule has 2 unspecified atom stereocenters. The molecule has 1 heterocycles. The average molecular weight is 211 g/mol. The van der Waals surface area contributed by atoms with Gasteiger partial charge in [-0.15, -0.1) is 0 Å². The van der Waals surface area contributed by atoms with Crippen LogP contribution in [0.2, 0.25) is 0 Å². The van der Waals surface area contributed by atoms with Crippen molar-refractivity contribution in [3.63, 3.8) is 0 Å². The van der Waals surface area contributed by atoms with Crippen LogP contribution >= 0.6 is 0 Å². The van der Waals surface area contributed by atoms with Crippen molar-refractivity contribution >= 4 is 0 Å². The molecule has 0 amide bonds. The van der Waals surface area contributed by atoms with Crippen molar-refractivity contribution in [2.24, 2.45) is 23.5 Å². The van der Waals surface area contributed by atoms with Crippen molar-refractivity contribution in [3.8, 4) is 0 Å². The molecule has 0 aromatic carbocycles. The highest BCUT2D eigenvalue weighted by Gasteiger charge is 2.33. The Morgan fingerprint density at radius 3 is 2.53 bits per heavy atom. The molecule has 0 bridgehead atoms. The van der Waals surface area contributed by atoms with Gasteiger partial charge < -0.3 is 10.5 Å². The number of hydrogen-bond donors (Lipinski definition) is 1. The molecule has 2 N–H and O–H groups in total. The minimum absolute atomic E-state index is 0.483. The summed E-state index contributed by atoms with van der Waals surface area (Å²) in [6.45, 7) is 4.16. The first-order chi connectivity index (χ1) is 7.31. The van der Waals surface area contributed by atoms with E-state index in [4.69, 9.17) is 10.5 Å². The average Bonchev–Trinajstić information content (AvgIpc) is 2.30. The molecule has 88 valence electrons. The van der Waals surface area contributed by atoms with Gasteiger partial charge in [0.15, 0.2) is 0 Å². The summed E-state index contributed by atoms with van der Waals surface area (Å²) in [7, 11) is 0. The van der Waals surface area contributed by atoms with E-state index in [1.54, 1.807) is 0 Å². The maximum absolute atomic E-state index is 5.98. The lowest BCUT2D eigenvalue weighted by Gasteiger charge is -2.39. The molecule has 15 heavy (non-hydrogen) atoms. The van der Waals surface area contributed by atoms with Gasteiger partial charge in [-0.3, -0.25) is 0 Å². The van der Waals surface area contributed by atoms with Crippen LogP contribution < -0.4 is 5.73 Å². The first kappa shape index (κ1) is 11.4. The summed E-state index contributed by atoms with van der Waals surface area (Å²) in [5.74, 6) is 2.37. The molecule has 0 spiro atoms. The van der Waals surface area contributed by atoms with Gasteiger partial charge in [0.05, 0.1) is 6.10 Å². The predicted molar refractivity (Wildman–Crippen MR) is 62.6 cm³/mol. The van der Waals surface area contributed by atoms with Crippen LogP contribution in [0.3, 0.4) is 0 Å². The SMILES string of the molecule is CC1CCC(C2OCCCC2CN)CC1. The van der Waals surface area contributed by atoms with E-state index in [1.807, 2.05) is 0 Å². The molecule has 1 saturated heterocycles. The van der Waals surface area contributed by atoms with Crippen LogP contribution in [-0.4, -0.2) is 19.3 Å². The molecule has 0 radical (unpaired) electrons. The highest BCUT2D eigenvalue weighted by molar-refractivity contribution is 4.84. The van der Waals surface area contributed by atoms with Crippen LogP contribution in [0.25, 0.3) is 0 Å². The Balaban J connectivity index is 1.90. The monoisotopic (exact) mass is 211 g/mol. The molecule has 2 atom stereocenters. The maximum atomic E-state index is 5.98. The van der Waals surface area contributed by atoms with E-state index in [0.717, 1.165) is 25.0 Å². The van der Waals surface area contributed by atoms with E-state index >= 15 is 0 Å². The molecule has 2 fully saturated rings. The Kier molecular flexibility index (Phi) is 4.04. The van der Waals surface area contributed by atoms with Gasteiger partial charge >= 0.3 is 0 Å². The van der Waals surface area contributed by atoms with Crippen molar-refractivity contribution in [2.45, 2.75) is 51.6 Å². The number of rotatable bonds is 2. The number of nitrogens with two attached hydrogens (primary N) is 1. The fourth-order valence-electron chi connectivity index (χ4n) is 3.25. The zero-order chi connectivity index (χ0) is 10.7. The zero-order valence-corrected chi connectivity index (χ0v) is 9.95. The van der Waals surface area contributed by atoms with Crippen molar-refractivity contribution in [2.75, 3.05) is 13.2 Å². The minimum Gasteiger partial charge on any atom is -0.378 e. The first-order valence-electron chi connectivity index (χ1n) is 6.63. The first-order valence-corrected chi connectivity index (χ1v) is 6.63. The Hall–Kier alpha value is -0.0800. The minimum atomic E-state index is 0.483. The number of hydrogen-bond acceptors (Lipinski definition) is 2. The van der Waals surface area contributed by atoms with Crippen molar-refractivity contribution < 1.29 is 4.74 Å². The summed E-state index contributed by atoms with van der Waals surface area (Å²) in [5, 5.41) is 0. The van der Waals surface area contributed by atoms with Crippen LogP contribution in [0.4, 0.5) is 0 Å². The van der Waals surface area contributed by atoms with Crippen molar-refractivity contribution in [3.05, 3.63) is 0 Å². The van der Waals surface area contributed by atoms with E-state index in [9.17, 15) is 0 Å². The zero-order valence-electron chi connectivity index (χ0n) is 9.95. The Morgan fingerprint density at radius 2 is 1.87 bits per heavy atom. The lowest BCUT2D eigenvalue weighted by Crippen LogP contribution is -2.41. The molecule has 1 aliphatic carbocycles. The number of ether oxygens (including phenoxy) is 1. The standard InChI is InChI=1S/C13H25NO/c1-10-4-6-11(7-5-10)13-12(9-14)3-2-8-15-13/h10-13H,2-9,14H2,1H3. The van der Waals surface area contributed by atoms with Gasteiger partial charge in [0.1, 0.15) is 0 Å². The summed E-state index contributed by atoms with van der Waals surface area (Å²) in [6, 6.07) is 0. The van der Waals surface area contributed by atoms with Crippen LogP contribution in [0.1, 0.15) is 45.4 Å².